The number of rotatable bonds is 14. The number of allylic oxidation sites excluding steroid dienone is 1. The number of carboxylic acid groups (broad SMARTS) is 2. The zero-order valence-corrected chi connectivity index (χ0v) is 39.7. The second kappa shape index (κ2) is 21.0. The van der Waals surface area contributed by atoms with Crippen molar-refractivity contribution in [1.82, 2.24) is 60.7 Å². The summed E-state index contributed by atoms with van der Waals surface area (Å²) in [6.45, 7) is 5.60. The summed E-state index contributed by atoms with van der Waals surface area (Å²) in [6, 6.07) is 0.897. The number of hydrogen-bond acceptors (Lipinski definition) is 21. The lowest BCUT2D eigenvalue weighted by Gasteiger charge is -2.49. The second-order valence-electron chi connectivity index (χ2n) is 15.1. The van der Waals surface area contributed by atoms with Gasteiger partial charge in [0.1, 0.15) is 51.7 Å². The Morgan fingerprint density at radius 1 is 0.957 bits per heavy atom. The topological polar surface area (TPSA) is 378 Å². The number of carbonyl (C=O) groups excluding carboxylic acids is 7. The smallest absolute Gasteiger partial charge is 0.352 e. The van der Waals surface area contributed by atoms with E-state index in [2.05, 4.69) is 48.2 Å². The maximum Gasteiger partial charge on any atom is 0.352 e. The molecule has 3 aromatic rings. The summed E-state index contributed by atoms with van der Waals surface area (Å²) in [6.07, 6.45) is 1.40. The summed E-state index contributed by atoms with van der Waals surface area (Å²) < 4.78 is 1.44. The number of fused-ring (bicyclic) bond motifs is 2. The molecular weight excluding hydrogens is 1000 g/mol. The second-order valence-corrected chi connectivity index (χ2v) is 19.1. The summed E-state index contributed by atoms with van der Waals surface area (Å²) >= 11 is 4.85. The summed E-state index contributed by atoms with van der Waals surface area (Å²) in [5.41, 5.74) is 6.03. The Kier molecular flexibility index (Phi) is 15.1. The minimum Gasteiger partial charge on any atom is -0.508 e. The minimum absolute atomic E-state index is 0.0764. The maximum atomic E-state index is 13.6. The number of aliphatic carboxylic acids is 2. The Morgan fingerprint density at radius 2 is 1.60 bits per heavy atom. The number of aryl methyl sites for hydroxylation is 1. The van der Waals surface area contributed by atoms with Crippen molar-refractivity contribution in [3.05, 3.63) is 76.1 Å². The lowest BCUT2D eigenvalue weighted by Crippen LogP contribution is -2.71. The van der Waals surface area contributed by atoms with Crippen LogP contribution in [0.1, 0.15) is 24.2 Å². The molecule has 0 unspecified atom stereocenters. The molecule has 9 N–H and O–H groups in total. The number of nitrogens with zero attached hydrogens (tertiary/aromatic N) is 10. The van der Waals surface area contributed by atoms with Gasteiger partial charge >= 0.3 is 29.8 Å². The van der Waals surface area contributed by atoms with Crippen LogP contribution in [0.2, 0.25) is 0 Å². The van der Waals surface area contributed by atoms with E-state index in [1.54, 1.807) is 14.0 Å². The van der Waals surface area contributed by atoms with Gasteiger partial charge in [0.15, 0.2) is 10.8 Å². The number of aromatic hydroxyl groups is 1. The van der Waals surface area contributed by atoms with Gasteiger partial charge in [0.05, 0.1) is 0 Å². The van der Waals surface area contributed by atoms with Gasteiger partial charge in [0.2, 0.25) is 11.1 Å². The predicted octanol–water partition coefficient (Wildman–Crippen LogP) is -1.28. The Bertz CT molecular complexity index is 2800. The number of nitrogen functional groups attached to an aromatic ring is 1. The maximum absolute atomic E-state index is 13.6. The van der Waals surface area contributed by atoms with E-state index >= 15 is 0 Å². The zero-order chi connectivity index (χ0) is 50.7. The number of carbonyl (C=O) groups is 9. The van der Waals surface area contributed by atoms with Crippen molar-refractivity contribution in [1.29, 1.82) is 0 Å². The highest BCUT2D eigenvalue weighted by Gasteiger charge is 2.56. The molecule has 0 bridgehead atoms. The average Bonchev–Trinajstić information content (AvgIpc) is 3.97. The first-order valence-electron chi connectivity index (χ1n) is 20.4. The molecule has 31 heteroatoms. The molecule has 3 fully saturated rings. The largest absolute Gasteiger partial charge is 0.508 e. The quantitative estimate of drug-likeness (QED) is 0.0233. The molecule has 1 aromatic carbocycles. The third-order valence-electron chi connectivity index (χ3n) is 11.0. The van der Waals surface area contributed by atoms with Crippen LogP contribution in [0.15, 0.2) is 75.2 Å². The SMILES string of the molecule is C=CC1=C(C(=O)O)N2C(=O)[C@@H](NC(=O)/C(=N\O)c3csc(N)n3)[C@H]2SC1.CCN1CCN(C(=O)N[C@@H](C(=O)N[C@@H]2C(=O)N3C(C(=O)O)=C(CSc4nnnn4C)CS[C@H]23)c2ccc(O)cc2)C(=O)C1=O. The number of tetrazole rings is 1. The highest BCUT2D eigenvalue weighted by atomic mass is 32.2. The molecule has 5 aliphatic heterocycles. The van der Waals surface area contributed by atoms with Crippen LogP contribution in [-0.2, 0) is 45.4 Å². The van der Waals surface area contributed by atoms with Crippen LogP contribution in [0.5, 0.6) is 5.75 Å². The van der Waals surface area contributed by atoms with E-state index in [-0.39, 0.29) is 63.8 Å². The Labute approximate surface area is 411 Å². The number of hydrogen-bond donors (Lipinski definition) is 8. The number of β-lactam (4-membered cyclic amide) rings is 2. The van der Waals surface area contributed by atoms with E-state index in [1.807, 2.05) is 0 Å². The summed E-state index contributed by atoms with van der Waals surface area (Å²) in [5, 5.41) is 60.5. The lowest BCUT2D eigenvalue weighted by atomic mass is 10.0. The first kappa shape index (κ1) is 50.4. The Hall–Kier alpha value is -7.51. The number of piperazine rings is 1. The fourth-order valence-electron chi connectivity index (χ4n) is 7.48. The Morgan fingerprint density at radius 3 is 2.17 bits per heavy atom. The Balaban J connectivity index is 0.000000236. The molecule has 27 nitrogen and oxygen atoms in total. The molecule has 70 heavy (non-hydrogen) atoms. The van der Waals surface area contributed by atoms with Crippen molar-refractivity contribution in [3.63, 3.8) is 0 Å². The van der Waals surface area contributed by atoms with E-state index in [0.29, 0.717) is 33.5 Å². The number of carboxylic acids is 2. The number of aromatic nitrogens is 5. The van der Waals surface area contributed by atoms with Crippen molar-refractivity contribution < 1.29 is 63.7 Å². The number of likely N-dealkylation sites (N-methyl/N-ethyl adjacent to an activating group) is 1. The number of nitrogens with one attached hydrogen (secondary N) is 3. The highest BCUT2D eigenvalue weighted by Crippen LogP contribution is 2.42. The summed E-state index contributed by atoms with van der Waals surface area (Å²) in [4.78, 5) is 121. The number of imide groups is 1. The number of urea groups is 1. The molecule has 368 valence electrons. The number of nitrogens with two attached hydrogens (primary N) is 1. The molecule has 8 amide bonds. The van der Waals surface area contributed by atoms with Crippen LogP contribution in [0, 0.1) is 0 Å². The predicted molar refractivity (Wildman–Crippen MR) is 247 cm³/mol. The molecule has 0 saturated carbocycles. The molecule has 0 aliphatic carbocycles. The van der Waals surface area contributed by atoms with Gasteiger partial charge in [0.25, 0.3) is 17.7 Å². The third-order valence-corrected chi connectivity index (χ3v) is 15.4. The van der Waals surface area contributed by atoms with E-state index in [4.69, 9.17) is 10.9 Å². The van der Waals surface area contributed by atoms with Gasteiger partial charge < -0.3 is 47.1 Å². The normalized spacial score (nSPS) is 21.4. The zero-order valence-electron chi connectivity index (χ0n) is 36.4. The van der Waals surface area contributed by atoms with Crippen LogP contribution in [0.25, 0.3) is 0 Å². The molecule has 0 radical (unpaired) electrons. The monoisotopic (exact) mass is 1040 g/mol. The molecule has 5 atom stereocenters. The highest BCUT2D eigenvalue weighted by molar-refractivity contribution is 8.01. The first-order valence-corrected chi connectivity index (χ1v) is 24.4. The van der Waals surface area contributed by atoms with Crippen molar-refractivity contribution in [2.75, 3.05) is 42.6 Å². The fourth-order valence-corrected chi connectivity index (χ4v) is 11.7. The number of anilines is 1. The number of benzene rings is 1. The van der Waals surface area contributed by atoms with Crippen molar-refractivity contribution in [2.45, 2.75) is 41.0 Å². The molecule has 0 spiro atoms. The van der Waals surface area contributed by atoms with Gasteiger partial charge in [-0.15, -0.1) is 40.0 Å². The standard InChI is InChI=1S/C25H27N9O8S2.C14H13N5O5S2/c1-3-32-8-9-33(21(39)20(32)38)24(42)27-15(12-4-6-14(35)7-5-12)18(36)26-16-19(37)34-17(23(40)41)13(10-43-22(16)34)11-44-25-28-29-30-31(25)2;1-2-5-3-25-12-8(11(21)19(12)9(5)13(22)23)17-10(20)7(18-24)6-4-26-14(15)16-6/h4-7,15-16,22,35H,3,8-11H2,1-2H3,(H,26,36)(H,27,42)(H,40,41);2,4,8,12,24H,1,3H2,(H2,15,16)(H,17,20)(H,22,23)/b;18-7-/t15-,16-,22-;8-,12-/m11/s1. The molecular formula is C39H40N14O13S4. The molecule has 2 aromatic heterocycles. The van der Waals surface area contributed by atoms with Crippen LogP contribution in [0.4, 0.5) is 9.93 Å². The molecule has 7 heterocycles. The number of oxime groups is 1. The summed E-state index contributed by atoms with van der Waals surface area (Å²) in [5.74, 6) is -6.54. The van der Waals surface area contributed by atoms with Crippen LogP contribution in [0.3, 0.4) is 0 Å². The van der Waals surface area contributed by atoms with Crippen LogP contribution in [-0.4, -0.2) is 184 Å². The van der Waals surface area contributed by atoms with Gasteiger partial charge in [-0.05, 0) is 46.2 Å². The number of phenols is 1. The number of amides is 8. The van der Waals surface area contributed by atoms with Gasteiger partial charge in [-0.1, -0.05) is 41.7 Å². The van der Waals surface area contributed by atoms with Gasteiger partial charge in [-0.25, -0.2) is 24.0 Å². The van der Waals surface area contributed by atoms with Crippen molar-refractivity contribution >= 4 is 111 Å². The first-order chi connectivity index (χ1) is 33.4. The van der Waals surface area contributed by atoms with E-state index < -0.39 is 82.3 Å². The van der Waals surface area contributed by atoms with Crippen molar-refractivity contribution in [3.8, 4) is 5.75 Å². The fraction of sp³-hybridized carbons (Fsp3) is 0.333. The minimum atomic E-state index is -1.42. The number of thioether (sulfide) groups is 3. The molecule has 5 aliphatic rings. The van der Waals surface area contributed by atoms with Crippen LogP contribution >= 0.6 is 46.6 Å². The van der Waals surface area contributed by atoms with Gasteiger partial charge in [-0.3, -0.25) is 43.5 Å². The van der Waals surface area contributed by atoms with Crippen LogP contribution < -0.4 is 21.7 Å². The summed E-state index contributed by atoms with van der Waals surface area (Å²) in [7, 11) is 1.64. The van der Waals surface area contributed by atoms with Gasteiger partial charge in [-0.2, -0.15) is 0 Å². The third kappa shape index (κ3) is 9.84. The average molecular weight is 1040 g/mol. The molecule has 8 rings (SSSR count). The molecule has 3 saturated heterocycles. The number of phenolic OH excluding ortho intramolecular Hbond substituents is 1. The number of thiazole rings is 1. The lowest BCUT2D eigenvalue weighted by molar-refractivity contribution is -0.153. The van der Waals surface area contributed by atoms with Crippen molar-refractivity contribution in [2.24, 2.45) is 12.2 Å². The van der Waals surface area contributed by atoms with E-state index in [1.165, 1.54) is 80.6 Å². The van der Waals surface area contributed by atoms with E-state index in [9.17, 15) is 58.5 Å². The van der Waals surface area contributed by atoms with Gasteiger partial charge in [0, 0.05) is 49.3 Å². The van der Waals surface area contributed by atoms with E-state index in [0.717, 1.165) is 21.1 Å².